The number of esters is 1. The van der Waals surface area contributed by atoms with Gasteiger partial charge >= 0.3 is 5.97 Å². The number of anilines is 1. The number of benzene rings is 2. The summed E-state index contributed by atoms with van der Waals surface area (Å²) in [5.74, 6) is 0.0454. The van der Waals surface area contributed by atoms with Crippen molar-refractivity contribution in [2.75, 3.05) is 25.6 Å². The summed E-state index contributed by atoms with van der Waals surface area (Å²) in [4.78, 5) is 23.8. The Bertz CT molecular complexity index is 763. The molecule has 2 rings (SSSR count). The minimum Gasteiger partial charge on any atom is -0.495 e. The van der Waals surface area contributed by atoms with Gasteiger partial charge in [0.2, 0.25) is 0 Å². The van der Waals surface area contributed by atoms with Gasteiger partial charge in [-0.25, -0.2) is 4.79 Å². The first-order chi connectivity index (χ1) is 12.0. The van der Waals surface area contributed by atoms with Crippen LogP contribution in [0.4, 0.5) is 5.69 Å². The lowest BCUT2D eigenvalue weighted by Crippen LogP contribution is -2.20. The quantitative estimate of drug-likeness (QED) is 0.761. The summed E-state index contributed by atoms with van der Waals surface area (Å²) in [7, 11) is 1.50. The molecular weight excluding hydrogens is 346 g/mol. The molecule has 132 valence electrons. The second kappa shape index (κ2) is 8.94. The van der Waals surface area contributed by atoms with Crippen LogP contribution in [0.2, 0.25) is 5.02 Å². The van der Waals surface area contributed by atoms with Crippen molar-refractivity contribution in [2.45, 2.75) is 6.92 Å². The molecule has 1 N–H and O–H groups in total. The van der Waals surface area contributed by atoms with Crippen molar-refractivity contribution in [3.8, 4) is 11.5 Å². The maximum atomic E-state index is 12.1. The Labute approximate surface area is 150 Å². The van der Waals surface area contributed by atoms with Crippen molar-refractivity contribution >= 4 is 29.2 Å². The van der Waals surface area contributed by atoms with Crippen molar-refractivity contribution in [3.63, 3.8) is 0 Å². The molecule has 0 aromatic heterocycles. The number of hydrogen-bond acceptors (Lipinski definition) is 5. The Morgan fingerprint density at radius 3 is 2.68 bits per heavy atom. The normalized spacial score (nSPS) is 10.0. The molecule has 0 saturated carbocycles. The minimum absolute atomic E-state index is 0.234. The number of ether oxygens (including phenoxy) is 3. The molecule has 0 saturated heterocycles. The van der Waals surface area contributed by atoms with Gasteiger partial charge < -0.3 is 19.5 Å². The van der Waals surface area contributed by atoms with Crippen LogP contribution in [0.3, 0.4) is 0 Å². The minimum atomic E-state index is -0.443. The highest BCUT2D eigenvalue weighted by atomic mass is 35.5. The van der Waals surface area contributed by atoms with E-state index in [0.29, 0.717) is 27.8 Å². The monoisotopic (exact) mass is 363 g/mol. The molecule has 25 heavy (non-hydrogen) atoms. The summed E-state index contributed by atoms with van der Waals surface area (Å²) in [5, 5.41) is 3.14. The average Bonchev–Trinajstić information content (AvgIpc) is 2.61. The molecule has 0 aliphatic heterocycles. The second-order valence-corrected chi connectivity index (χ2v) is 5.37. The predicted molar refractivity (Wildman–Crippen MR) is 94.5 cm³/mol. The molecule has 0 bridgehead atoms. The zero-order valence-corrected chi connectivity index (χ0v) is 14.6. The van der Waals surface area contributed by atoms with Crippen LogP contribution >= 0.6 is 11.6 Å². The molecule has 0 aliphatic rings. The van der Waals surface area contributed by atoms with Crippen molar-refractivity contribution in [2.24, 2.45) is 0 Å². The van der Waals surface area contributed by atoms with Crippen molar-refractivity contribution in [3.05, 3.63) is 53.1 Å². The van der Waals surface area contributed by atoms with E-state index in [9.17, 15) is 9.59 Å². The molecule has 2 aromatic rings. The van der Waals surface area contributed by atoms with Gasteiger partial charge in [-0.3, -0.25) is 4.79 Å². The van der Waals surface area contributed by atoms with Crippen LogP contribution in [0.15, 0.2) is 42.5 Å². The first-order valence-electron chi connectivity index (χ1n) is 7.57. The third-order valence-corrected chi connectivity index (χ3v) is 3.39. The molecule has 2 aromatic carbocycles. The fraction of sp³-hybridized carbons (Fsp3) is 0.222. The Balaban J connectivity index is 1.97. The number of rotatable bonds is 7. The fourth-order valence-electron chi connectivity index (χ4n) is 2.04. The highest BCUT2D eigenvalue weighted by molar-refractivity contribution is 6.31. The summed E-state index contributed by atoms with van der Waals surface area (Å²) in [5.41, 5.74) is 0.806. The van der Waals surface area contributed by atoms with Crippen LogP contribution in [-0.2, 0) is 9.53 Å². The van der Waals surface area contributed by atoms with E-state index in [4.69, 9.17) is 25.8 Å². The lowest BCUT2D eigenvalue weighted by molar-refractivity contribution is -0.118. The van der Waals surface area contributed by atoms with Crippen molar-refractivity contribution in [1.29, 1.82) is 0 Å². The average molecular weight is 364 g/mol. The molecule has 0 radical (unpaired) electrons. The van der Waals surface area contributed by atoms with Crippen LogP contribution < -0.4 is 14.8 Å². The van der Waals surface area contributed by atoms with Gasteiger partial charge in [0.05, 0.1) is 25.0 Å². The zero-order chi connectivity index (χ0) is 18.2. The first kappa shape index (κ1) is 18.6. The summed E-state index contributed by atoms with van der Waals surface area (Å²) < 4.78 is 15.5. The van der Waals surface area contributed by atoms with E-state index in [1.54, 1.807) is 43.3 Å². The SMILES string of the molecule is CCOC(=O)c1cccc(OCC(=O)Nc2cc(Cl)ccc2OC)c1. The molecular formula is C18H18ClNO5. The number of amides is 1. The van der Waals surface area contributed by atoms with Gasteiger partial charge in [0.1, 0.15) is 11.5 Å². The van der Waals surface area contributed by atoms with Crippen LogP contribution in [0.25, 0.3) is 0 Å². The third kappa shape index (κ3) is 5.39. The van der Waals surface area contributed by atoms with Gasteiger partial charge in [0, 0.05) is 5.02 Å². The number of carbonyl (C=O) groups is 2. The summed E-state index contributed by atoms with van der Waals surface area (Å²) >= 11 is 5.92. The molecule has 0 heterocycles. The highest BCUT2D eigenvalue weighted by Gasteiger charge is 2.11. The van der Waals surface area contributed by atoms with E-state index in [0.717, 1.165) is 0 Å². The lowest BCUT2D eigenvalue weighted by atomic mass is 10.2. The van der Waals surface area contributed by atoms with Gasteiger partial charge in [-0.05, 0) is 43.3 Å². The molecule has 0 aliphatic carbocycles. The second-order valence-electron chi connectivity index (χ2n) is 4.93. The Kier molecular flexibility index (Phi) is 6.65. The highest BCUT2D eigenvalue weighted by Crippen LogP contribution is 2.27. The van der Waals surface area contributed by atoms with Crippen LogP contribution in [-0.4, -0.2) is 32.2 Å². The molecule has 0 unspecified atom stereocenters. The van der Waals surface area contributed by atoms with E-state index < -0.39 is 5.97 Å². The van der Waals surface area contributed by atoms with Crippen molar-refractivity contribution < 1.29 is 23.8 Å². The van der Waals surface area contributed by atoms with E-state index in [2.05, 4.69) is 5.32 Å². The van der Waals surface area contributed by atoms with Crippen molar-refractivity contribution in [1.82, 2.24) is 0 Å². The molecule has 7 heteroatoms. The Morgan fingerprint density at radius 1 is 1.16 bits per heavy atom. The zero-order valence-electron chi connectivity index (χ0n) is 13.9. The predicted octanol–water partition coefficient (Wildman–Crippen LogP) is 3.54. The third-order valence-electron chi connectivity index (χ3n) is 3.15. The summed E-state index contributed by atoms with van der Waals surface area (Å²) in [6, 6.07) is 11.3. The number of carbonyl (C=O) groups excluding carboxylic acids is 2. The number of nitrogens with one attached hydrogen (secondary N) is 1. The number of halogens is 1. The van der Waals surface area contributed by atoms with Gasteiger partial charge in [-0.2, -0.15) is 0 Å². The number of hydrogen-bond donors (Lipinski definition) is 1. The number of methoxy groups -OCH3 is 1. The largest absolute Gasteiger partial charge is 0.495 e. The molecule has 0 atom stereocenters. The Hall–Kier alpha value is -2.73. The standard InChI is InChI=1S/C18H18ClNO5/c1-3-24-18(22)12-5-4-6-14(9-12)25-11-17(21)20-15-10-13(19)7-8-16(15)23-2/h4-10H,3,11H2,1-2H3,(H,20,21). The Morgan fingerprint density at radius 2 is 1.96 bits per heavy atom. The van der Waals surface area contributed by atoms with Gasteiger partial charge in [-0.15, -0.1) is 0 Å². The molecule has 6 nitrogen and oxygen atoms in total. The summed E-state index contributed by atoms with van der Waals surface area (Å²) in [6.07, 6.45) is 0. The van der Waals surface area contributed by atoms with E-state index in [1.807, 2.05) is 0 Å². The van der Waals surface area contributed by atoms with Gasteiger partial charge in [0.15, 0.2) is 6.61 Å². The van der Waals surface area contributed by atoms with E-state index >= 15 is 0 Å². The first-order valence-corrected chi connectivity index (χ1v) is 7.94. The van der Waals surface area contributed by atoms with Crippen LogP contribution in [0.1, 0.15) is 17.3 Å². The van der Waals surface area contributed by atoms with Crippen LogP contribution in [0.5, 0.6) is 11.5 Å². The fourth-order valence-corrected chi connectivity index (χ4v) is 2.21. The maximum absolute atomic E-state index is 12.1. The smallest absolute Gasteiger partial charge is 0.338 e. The molecule has 0 fully saturated rings. The van der Waals surface area contributed by atoms with Crippen LogP contribution in [0, 0.1) is 0 Å². The van der Waals surface area contributed by atoms with Gasteiger partial charge in [-0.1, -0.05) is 17.7 Å². The van der Waals surface area contributed by atoms with E-state index in [1.165, 1.54) is 13.2 Å². The van der Waals surface area contributed by atoms with E-state index in [-0.39, 0.29) is 19.1 Å². The molecule has 1 amide bonds. The maximum Gasteiger partial charge on any atom is 0.338 e. The lowest BCUT2D eigenvalue weighted by Gasteiger charge is -2.11. The topological polar surface area (TPSA) is 73.9 Å². The molecule has 0 spiro atoms. The van der Waals surface area contributed by atoms with Gasteiger partial charge in [0.25, 0.3) is 5.91 Å². The summed E-state index contributed by atoms with van der Waals surface area (Å²) in [6.45, 7) is 1.78.